The Morgan fingerprint density at radius 3 is 2.44 bits per heavy atom. The number of aliphatic hydroxyl groups is 1. The summed E-state index contributed by atoms with van der Waals surface area (Å²) in [5.41, 5.74) is 1.00. The van der Waals surface area contributed by atoms with Crippen LogP contribution in [0.3, 0.4) is 0 Å². The molecule has 0 saturated heterocycles. The Hall–Kier alpha value is -0.0400. The number of hydrogen-bond donors (Lipinski definition) is 1. The van der Waals surface area contributed by atoms with E-state index in [0.717, 1.165) is 36.0 Å². The lowest BCUT2D eigenvalue weighted by molar-refractivity contribution is -0.159. The summed E-state index contributed by atoms with van der Waals surface area (Å²) in [5.74, 6) is 5.04. The first-order chi connectivity index (χ1) is 11.9. The van der Waals surface area contributed by atoms with Crippen molar-refractivity contribution >= 4 is 0 Å². The van der Waals surface area contributed by atoms with Crippen molar-refractivity contribution in [2.24, 2.45) is 46.3 Å². The molecule has 1 heteroatoms. The van der Waals surface area contributed by atoms with E-state index in [-0.39, 0.29) is 6.10 Å². The Morgan fingerprint density at radius 1 is 0.920 bits per heavy atom. The van der Waals surface area contributed by atoms with Crippen LogP contribution in [-0.2, 0) is 0 Å². The molecule has 4 saturated carbocycles. The van der Waals surface area contributed by atoms with Crippen molar-refractivity contribution in [3.8, 4) is 0 Å². The molecule has 1 N–H and O–H groups in total. The molecule has 0 spiro atoms. The Kier molecular flexibility index (Phi) is 4.79. The van der Waals surface area contributed by atoms with E-state index in [9.17, 15) is 5.11 Å². The van der Waals surface area contributed by atoms with Crippen molar-refractivity contribution in [1.29, 1.82) is 0 Å². The fourth-order valence-corrected chi connectivity index (χ4v) is 8.99. The molecule has 4 aliphatic rings. The molecule has 4 fully saturated rings. The monoisotopic (exact) mass is 346 g/mol. The van der Waals surface area contributed by atoms with Crippen molar-refractivity contribution in [3.05, 3.63) is 0 Å². The van der Waals surface area contributed by atoms with Gasteiger partial charge in [0, 0.05) is 0 Å². The summed E-state index contributed by atoms with van der Waals surface area (Å²) < 4.78 is 0. The fraction of sp³-hybridized carbons (Fsp3) is 1.00. The zero-order valence-electron chi connectivity index (χ0n) is 17.3. The lowest BCUT2D eigenvalue weighted by Gasteiger charge is -2.62. The maximum Gasteiger partial charge on any atom is 0.0576 e. The highest BCUT2D eigenvalue weighted by atomic mass is 16.3. The second kappa shape index (κ2) is 6.54. The molecule has 4 rings (SSSR count). The van der Waals surface area contributed by atoms with Crippen LogP contribution in [-0.4, -0.2) is 11.2 Å². The zero-order chi connectivity index (χ0) is 17.8. The first-order valence-electron chi connectivity index (χ1n) is 11.6. The molecule has 1 nitrogen and oxygen atoms in total. The van der Waals surface area contributed by atoms with Gasteiger partial charge in [0.15, 0.2) is 0 Å². The first kappa shape index (κ1) is 18.3. The molecule has 0 heterocycles. The van der Waals surface area contributed by atoms with E-state index in [1.54, 1.807) is 0 Å². The lowest BCUT2D eigenvalue weighted by atomic mass is 9.44. The minimum atomic E-state index is -0.0129. The van der Waals surface area contributed by atoms with Crippen molar-refractivity contribution < 1.29 is 5.11 Å². The molecule has 144 valence electrons. The standard InChI is InChI=1S/C24H42O/c1-5-8-16(2)18-10-11-19-17-15-22(25)21-9-6-7-13-23(21,3)20(17)12-14-24(18,19)4/h16-22,25H,5-15H2,1-4H3. The van der Waals surface area contributed by atoms with Crippen LogP contribution in [0.2, 0.25) is 0 Å². The summed E-state index contributed by atoms with van der Waals surface area (Å²) in [6, 6.07) is 0. The normalized spacial score (nSPS) is 53.6. The van der Waals surface area contributed by atoms with Gasteiger partial charge in [-0.15, -0.1) is 0 Å². The van der Waals surface area contributed by atoms with Gasteiger partial charge in [0.25, 0.3) is 0 Å². The second-order valence-electron chi connectivity index (χ2n) is 11.0. The second-order valence-corrected chi connectivity index (χ2v) is 11.0. The molecule has 0 radical (unpaired) electrons. The predicted molar refractivity (Wildman–Crippen MR) is 105 cm³/mol. The van der Waals surface area contributed by atoms with Crippen LogP contribution >= 0.6 is 0 Å². The molecule has 9 atom stereocenters. The van der Waals surface area contributed by atoms with Gasteiger partial charge in [0.1, 0.15) is 0 Å². The molecule has 0 aromatic carbocycles. The largest absolute Gasteiger partial charge is 0.393 e. The highest BCUT2D eigenvalue weighted by Gasteiger charge is 2.61. The summed E-state index contributed by atoms with van der Waals surface area (Å²) in [6.45, 7) is 10.1. The van der Waals surface area contributed by atoms with Gasteiger partial charge >= 0.3 is 0 Å². The van der Waals surface area contributed by atoms with Gasteiger partial charge in [-0.1, -0.05) is 53.4 Å². The molecule has 0 aromatic heterocycles. The highest BCUT2D eigenvalue weighted by molar-refractivity contribution is 5.10. The van der Waals surface area contributed by atoms with E-state index in [1.807, 2.05) is 0 Å². The molecular weight excluding hydrogens is 304 g/mol. The molecule has 4 aliphatic carbocycles. The van der Waals surface area contributed by atoms with E-state index >= 15 is 0 Å². The lowest BCUT2D eigenvalue weighted by Crippen LogP contribution is -2.57. The molecule has 0 aliphatic heterocycles. The molecule has 0 bridgehead atoms. The van der Waals surface area contributed by atoms with E-state index in [2.05, 4.69) is 27.7 Å². The Labute approximate surface area is 156 Å². The van der Waals surface area contributed by atoms with Crippen molar-refractivity contribution in [3.63, 3.8) is 0 Å². The fourth-order valence-electron chi connectivity index (χ4n) is 8.99. The Bertz CT molecular complexity index is 486. The molecule has 25 heavy (non-hydrogen) atoms. The van der Waals surface area contributed by atoms with Gasteiger partial charge in [-0.3, -0.25) is 0 Å². The zero-order valence-corrected chi connectivity index (χ0v) is 17.3. The summed E-state index contributed by atoms with van der Waals surface area (Å²) in [6.07, 6.45) is 15.1. The minimum absolute atomic E-state index is 0.0129. The van der Waals surface area contributed by atoms with E-state index in [0.29, 0.717) is 16.7 Å². The molecule has 0 amide bonds. The van der Waals surface area contributed by atoms with Gasteiger partial charge in [0.2, 0.25) is 0 Å². The van der Waals surface area contributed by atoms with Crippen molar-refractivity contribution in [2.75, 3.05) is 0 Å². The van der Waals surface area contributed by atoms with E-state index in [4.69, 9.17) is 0 Å². The topological polar surface area (TPSA) is 20.2 Å². The smallest absolute Gasteiger partial charge is 0.0576 e. The van der Waals surface area contributed by atoms with Crippen LogP contribution in [0.15, 0.2) is 0 Å². The van der Waals surface area contributed by atoms with Crippen LogP contribution in [0.25, 0.3) is 0 Å². The third-order valence-corrected chi connectivity index (χ3v) is 10.1. The minimum Gasteiger partial charge on any atom is -0.393 e. The average molecular weight is 347 g/mol. The average Bonchev–Trinajstić information content (AvgIpc) is 2.92. The van der Waals surface area contributed by atoms with Gasteiger partial charge < -0.3 is 5.11 Å². The summed E-state index contributed by atoms with van der Waals surface area (Å²) >= 11 is 0. The van der Waals surface area contributed by atoms with Gasteiger partial charge in [-0.2, -0.15) is 0 Å². The predicted octanol–water partition coefficient (Wildman–Crippen LogP) is 6.44. The molecule has 0 aromatic rings. The Morgan fingerprint density at radius 2 is 1.68 bits per heavy atom. The molecule has 9 unspecified atom stereocenters. The highest BCUT2D eigenvalue weighted by Crippen LogP contribution is 2.68. The van der Waals surface area contributed by atoms with Crippen LogP contribution in [0.5, 0.6) is 0 Å². The molecular formula is C24H42O. The number of hydrogen-bond acceptors (Lipinski definition) is 1. The first-order valence-corrected chi connectivity index (χ1v) is 11.6. The van der Waals surface area contributed by atoms with Crippen LogP contribution in [0.1, 0.15) is 98.3 Å². The third kappa shape index (κ3) is 2.66. The van der Waals surface area contributed by atoms with Gasteiger partial charge in [-0.25, -0.2) is 0 Å². The maximum atomic E-state index is 11.1. The number of aliphatic hydroxyl groups excluding tert-OH is 1. The van der Waals surface area contributed by atoms with E-state index < -0.39 is 0 Å². The number of rotatable bonds is 3. The quantitative estimate of drug-likeness (QED) is 0.623. The third-order valence-electron chi connectivity index (χ3n) is 10.1. The summed E-state index contributed by atoms with van der Waals surface area (Å²) in [7, 11) is 0. The summed E-state index contributed by atoms with van der Waals surface area (Å²) in [5, 5.41) is 11.1. The van der Waals surface area contributed by atoms with Crippen molar-refractivity contribution in [2.45, 2.75) is 104 Å². The van der Waals surface area contributed by atoms with Crippen LogP contribution < -0.4 is 0 Å². The maximum absolute atomic E-state index is 11.1. The Balaban J connectivity index is 1.60. The van der Waals surface area contributed by atoms with Crippen LogP contribution in [0, 0.1) is 46.3 Å². The summed E-state index contributed by atoms with van der Waals surface area (Å²) in [4.78, 5) is 0. The van der Waals surface area contributed by atoms with Crippen molar-refractivity contribution in [1.82, 2.24) is 0 Å². The number of fused-ring (bicyclic) bond motifs is 5. The van der Waals surface area contributed by atoms with E-state index in [1.165, 1.54) is 64.2 Å². The van der Waals surface area contributed by atoms with Gasteiger partial charge in [-0.05, 0) is 91.3 Å². The van der Waals surface area contributed by atoms with Gasteiger partial charge in [0.05, 0.1) is 6.10 Å². The SMILES string of the molecule is CCCC(C)C1CCC2C3CC(O)C4CCCCC4(C)C3CCC12C. The van der Waals surface area contributed by atoms with Crippen LogP contribution in [0.4, 0.5) is 0 Å².